The predicted octanol–water partition coefficient (Wildman–Crippen LogP) is 4.63. The Morgan fingerprint density at radius 1 is 0.962 bits per heavy atom. The van der Waals surface area contributed by atoms with Crippen molar-refractivity contribution in [1.82, 2.24) is 26.2 Å². The number of urea groups is 1. The lowest BCUT2D eigenvalue weighted by atomic mass is 9.68. The third kappa shape index (κ3) is 9.12. The van der Waals surface area contributed by atoms with Crippen LogP contribution in [0.4, 0.5) is 10.5 Å². The van der Waals surface area contributed by atoms with E-state index in [1.165, 1.54) is 11.0 Å². The van der Waals surface area contributed by atoms with E-state index in [9.17, 15) is 28.8 Å². The summed E-state index contributed by atoms with van der Waals surface area (Å²) in [6.07, 6.45) is 6.80. The molecule has 292 valence electrons. The number of benzene rings is 1. The van der Waals surface area contributed by atoms with E-state index in [0.29, 0.717) is 18.5 Å². The van der Waals surface area contributed by atoms with Gasteiger partial charge in [0.05, 0.1) is 12.1 Å². The number of carbonyl (C=O) groups excluding carboxylic acids is 6. The highest BCUT2D eigenvalue weighted by molar-refractivity contribution is 6.38. The topological polar surface area (TPSA) is 157 Å². The van der Waals surface area contributed by atoms with E-state index in [2.05, 4.69) is 48.6 Å². The number of nitrogens with zero attached hydrogens (tertiary/aromatic N) is 2. The maximum absolute atomic E-state index is 14.6. The van der Waals surface area contributed by atoms with Gasteiger partial charge in [0.1, 0.15) is 12.1 Å². The van der Waals surface area contributed by atoms with Crippen LogP contribution in [0.5, 0.6) is 0 Å². The molecule has 2 aliphatic carbocycles. The number of hydrogen-bond donors (Lipinski definition) is 4. The molecule has 3 fully saturated rings. The number of fused-ring (bicyclic) bond motifs is 1. The van der Waals surface area contributed by atoms with Crippen LogP contribution in [0.1, 0.15) is 104 Å². The summed E-state index contributed by atoms with van der Waals surface area (Å²) in [6, 6.07) is 2.92. The van der Waals surface area contributed by atoms with Gasteiger partial charge in [-0.25, -0.2) is 4.79 Å². The Labute approximate surface area is 315 Å². The first kappa shape index (κ1) is 41.5. The minimum Gasteiger partial charge on any atom is -0.378 e. The molecule has 1 unspecified atom stereocenters. The zero-order valence-corrected chi connectivity index (χ0v) is 33.3. The summed E-state index contributed by atoms with van der Waals surface area (Å²) in [7, 11) is 3.86. The first-order chi connectivity index (χ1) is 24.8. The van der Waals surface area contributed by atoms with E-state index in [1.54, 1.807) is 12.1 Å². The molecule has 0 bridgehead atoms. The highest BCUT2D eigenvalue weighted by atomic mass is 16.2. The molecule has 4 N–H and O–H groups in total. The van der Waals surface area contributed by atoms with Crippen molar-refractivity contribution in [3.63, 3.8) is 0 Å². The van der Waals surface area contributed by atoms with E-state index < -0.39 is 64.5 Å². The number of amides is 5. The molecule has 0 aromatic heterocycles. The van der Waals surface area contributed by atoms with Gasteiger partial charge in [-0.05, 0) is 71.6 Å². The highest BCUT2D eigenvalue weighted by Crippen LogP contribution is 2.65. The average molecular weight is 735 g/mol. The molecule has 3 aliphatic rings. The molecule has 12 nitrogen and oxygen atoms in total. The lowest BCUT2D eigenvalue weighted by Gasteiger charge is -2.41. The number of anilines is 1. The van der Waals surface area contributed by atoms with Crippen LogP contribution in [0, 0.1) is 28.1 Å². The summed E-state index contributed by atoms with van der Waals surface area (Å²) in [4.78, 5) is 85.9. The van der Waals surface area contributed by atoms with Gasteiger partial charge in [0, 0.05) is 38.4 Å². The number of piperidine rings is 1. The van der Waals surface area contributed by atoms with Crippen molar-refractivity contribution in [2.75, 3.05) is 32.1 Å². The van der Waals surface area contributed by atoms with Crippen molar-refractivity contribution in [2.24, 2.45) is 28.1 Å². The van der Waals surface area contributed by atoms with Gasteiger partial charge in [0.15, 0.2) is 5.78 Å². The van der Waals surface area contributed by atoms with Gasteiger partial charge in [0.2, 0.25) is 17.6 Å². The smallest absolute Gasteiger partial charge is 0.316 e. The molecule has 1 heterocycles. The summed E-state index contributed by atoms with van der Waals surface area (Å²) in [6.45, 7) is 17.6. The summed E-state index contributed by atoms with van der Waals surface area (Å²) >= 11 is 0. The molecule has 6 atom stereocenters. The second-order valence-corrected chi connectivity index (χ2v) is 17.5. The number of carbonyl (C=O) groups is 6. The molecular weight excluding hydrogens is 672 g/mol. The van der Waals surface area contributed by atoms with Crippen molar-refractivity contribution in [3.8, 4) is 0 Å². The summed E-state index contributed by atoms with van der Waals surface area (Å²) in [5.41, 5.74) is 0.00404. The van der Waals surface area contributed by atoms with Gasteiger partial charge < -0.3 is 31.1 Å². The second-order valence-electron chi connectivity index (χ2n) is 17.5. The summed E-state index contributed by atoms with van der Waals surface area (Å²) < 4.78 is 0. The van der Waals surface area contributed by atoms with E-state index in [4.69, 9.17) is 0 Å². The molecular formula is C41H62N6O6. The van der Waals surface area contributed by atoms with E-state index in [1.807, 2.05) is 58.8 Å². The van der Waals surface area contributed by atoms with Gasteiger partial charge in [-0.1, -0.05) is 80.2 Å². The monoisotopic (exact) mass is 734 g/mol. The average Bonchev–Trinajstić information content (AvgIpc) is 3.40. The predicted molar refractivity (Wildman–Crippen MR) is 206 cm³/mol. The standard InChI is InChI=1S/C41H62N6O6/c1-11-16-28(32(49)36(51)42-23-12-2)43-35(50)30-29-27(40(29,6)7)24-47(30)37(52)34(39(3,4)5)45-38(53)44-33(41(8)21-14-13-15-22-41)31(48)25-17-19-26(20-18-25)46(9)10/h12,17-20,27-30,33-34H,2,11,13-16,21-24H2,1,3-10H3,(H,42,51)(H,43,50)(H2,44,45,53)/t27-,28?,29-,30-,33+,34+/m0/s1. The first-order valence-corrected chi connectivity index (χ1v) is 19.2. The molecule has 1 saturated heterocycles. The van der Waals surface area contributed by atoms with Crippen LogP contribution >= 0.6 is 0 Å². The molecule has 2 saturated carbocycles. The Kier molecular flexibility index (Phi) is 12.9. The zero-order chi connectivity index (χ0) is 39.5. The maximum atomic E-state index is 14.6. The van der Waals surface area contributed by atoms with Crippen LogP contribution in [-0.4, -0.2) is 91.6 Å². The Balaban J connectivity index is 1.57. The molecule has 0 spiro atoms. The number of hydrogen-bond acceptors (Lipinski definition) is 7. The fourth-order valence-electron chi connectivity index (χ4n) is 8.45. The number of ketones is 2. The molecule has 0 radical (unpaired) electrons. The fraction of sp³-hybridized carbons (Fsp3) is 0.659. The molecule has 53 heavy (non-hydrogen) atoms. The first-order valence-electron chi connectivity index (χ1n) is 19.2. The van der Waals surface area contributed by atoms with Crippen LogP contribution in [0.2, 0.25) is 0 Å². The minimum absolute atomic E-state index is 0.0556. The minimum atomic E-state index is -1.05. The maximum Gasteiger partial charge on any atom is 0.316 e. The van der Waals surface area contributed by atoms with Crippen LogP contribution < -0.4 is 26.2 Å². The Bertz CT molecular complexity index is 1560. The number of likely N-dealkylation sites (tertiary alicyclic amines) is 1. The largest absolute Gasteiger partial charge is 0.378 e. The SMILES string of the molecule is C=CCNC(=O)C(=O)C(CCC)NC(=O)[C@@H]1[C@@H]2[C@H](CN1C(=O)[C@@H](NC(=O)N[C@H](C(=O)c1ccc(N(C)C)cc1)C1(C)CCCCC1)C(C)(C)C)C2(C)C. The summed E-state index contributed by atoms with van der Waals surface area (Å²) in [5, 5.41) is 11.2. The quantitative estimate of drug-likeness (QED) is 0.116. The van der Waals surface area contributed by atoms with Crippen molar-refractivity contribution >= 4 is 41.0 Å². The molecule has 1 aromatic carbocycles. The highest BCUT2D eigenvalue weighted by Gasteiger charge is 2.70. The Morgan fingerprint density at radius 2 is 1.58 bits per heavy atom. The Morgan fingerprint density at radius 3 is 2.13 bits per heavy atom. The van der Waals surface area contributed by atoms with E-state index in [0.717, 1.165) is 37.8 Å². The van der Waals surface area contributed by atoms with E-state index >= 15 is 0 Å². The third-order valence-corrected chi connectivity index (χ3v) is 11.9. The van der Waals surface area contributed by atoms with Crippen molar-refractivity contribution in [1.29, 1.82) is 0 Å². The van der Waals surface area contributed by atoms with Gasteiger partial charge in [-0.15, -0.1) is 6.58 Å². The molecule has 5 amide bonds. The molecule has 12 heteroatoms. The third-order valence-electron chi connectivity index (χ3n) is 11.9. The lowest BCUT2D eigenvalue weighted by Crippen LogP contribution is -2.63. The molecule has 4 rings (SSSR count). The Hall–Kier alpha value is -4.22. The van der Waals surface area contributed by atoms with Crippen LogP contribution in [0.3, 0.4) is 0 Å². The van der Waals surface area contributed by atoms with Gasteiger partial charge in [0.25, 0.3) is 5.91 Å². The summed E-state index contributed by atoms with van der Waals surface area (Å²) in [5.74, 6) is -2.74. The molecule has 1 aliphatic heterocycles. The van der Waals surface area contributed by atoms with Gasteiger partial charge >= 0.3 is 6.03 Å². The van der Waals surface area contributed by atoms with Crippen molar-refractivity contribution < 1.29 is 28.8 Å². The normalized spacial score (nSPS) is 23.0. The zero-order valence-electron chi connectivity index (χ0n) is 33.3. The van der Waals surface area contributed by atoms with Gasteiger partial charge in [-0.2, -0.15) is 0 Å². The van der Waals surface area contributed by atoms with Crippen LogP contribution in [0.15, 0.2) is 36.9 Å². The van der Waals surface area contributed by atoms with Crippen molar-refractivity contribution in [2.45, 2.75) is 118 Å². The lowest BCUT2D eigenvalue weighted by molar-refractivity contribution is -0.145. The van der Waals surface area contributed by atoms with Gasteiger partial charge in [-0.3, -0.25) is 24.0 Å². The van der Waals surface area contributed by atoms with Crippen molar-refractivity contribution in [3.05, 3.63) is 42.5 Å². The van der Waals surface area contributed by atoms with E-state index in [-0.39, 0.29) is 36.0 Å². The number of nitrogens with one attached hydrogen (secondary N) is 4. The number of Topliss-reactive ketones (excluding diaryl/α,β-unsaturated/α-hetero) is 2. The molecule has 1 aromatic rings. The second kappa shape index (κ2) is 16.4. The van der Waals surface area contributed by atoms with Crippen LogP contribution in [0.25, 0.3) is 0 Å². The number of rotatable bonds is 15. The fourth-order valence-corrected chi connectivity index (χ4v) is 8.45. The van der Waals surface area contributed by atoms with Crippen LogP contribution in [-0.2, 0) is 19.2 Å².